The summed E-state index contributed by atoms with van der Waals surface area (Å²) >= 11 is 1.88. The number of rotatable bonds is 3. The second-order valence-electron chi connectivity index (χ2n) is 3.84. The highest BCUT2D eigenvalue weighted by Crippen LogP contribution is 2.23. The third-order valence-corrected chi connectivity index (χ3v) is 3.50. The maximum atomic E-state index is 13.0. The number of halogens is 2. The molecule has 1 aromatic carbocycles. The molecule has 0 aliphatic rings. The topological polar surface area (TPSA) is 53.8 Å². The van der Waals surface area contributed by atoms with Gasteiger partial charge in [0.1, 0.15) is 11.7 Å². The van der Waals surface area contributed by atoms with Crippen LogP contribution in [0.1, 0.15) is 21.8 Å². The minimum atomic E-state index is -0.923. The van der Waals surface area contributed by atoms with Crippen LogP contribution >= 0.6 is 22.6 Å². The van der Waals surface area contributed by atoms with Crippen molar-refractivity contribution in [1.29, 1.82) is 5.26 Å². The lowest BCUT2D eigenvalue weighted by atomic mass is 9.93. The van der Waals surface area contributed by atoms with E-state index in [1.165, 1.54) is 24.4 Å². The first-order chi connectivity index (χ1) is 9.13. The highest BCUT2D eigenvalue weighted by molar-refractivity contribution is 14.1. The van der Waals surface area contributed by atoms with Gasteiger partial charge in [-0.25, -0.2) is 4.39 Å². The van der Waals surface area contributed by atoms with Crippen LogP contribution in [0, 0.1) is 20.7 Å². The van der Waals surface area contributed by atoms with Crippen molar-refractivity contribution in [2.24, 2.45) is 0 Å². The van der Waals surface area contributed by atoms with E-state index in [1.54, 1.807) is 18.3 Å². The lowest BCUT2D eigenvalue weighted by Gasteiger charge is -2.09. The van der Waals surface area contributed by atoms with Crippen LogP contribution in [0.5, 0.6) is 0 Å². The molecule has 0 saturated carbocycles. The third-order valence-electron chi connectivity index (χ3n) is 2.61. The first-order valence-corrected chi connectivity index (χ1v) is 6.50. The molecule has 0 radical (unpaired) electrons. The summed E-state index contributed by atoms with van der Waals surface area (Å²) in [6.45, 7) is 0. The Hall–Kier alpha value is -1.81. The number of ketones is 1. The number of carbonyl (C=O) groups excluding carboxylic acids is 1. The van der Waals surface area contributed by atoms with Crippen molar-refractivity contribution in [2.75, 3.05) is 0 Å². The molecule has 1 heterocycles. The average Bonchev–Trinajstić information content (AvgIpc) is 2.40. The van der Waals surface area contributed by atoms with Crippen molar-refractivity contribution in [1.82, 2.24) is 4.98 Å². The predicted molar refractivity (Wildman–Crippen MR) is 76.0 cm³/mol. The minimum Gasteiger partial charge on any atom is -0.292 e. The number of pyridine rings is 1. The van der Waals surface area contributed by atoms with Crippen LogP contribution in [0.15, 0.2) is 42.7 Å². The molecule has 19 heavy (non-hydrogen) atoms. The molecular weight excluding hydrogens is 358 g/mol. The van der Waals surface area contributed by atoms with Gasteiger partial charge in [0.15, 0.2) is 5.78 Å². The Morgan fingerprint density at radius 1 is 1.42 bits per heavy atom. The number of benzene rings is 1. The third kappa shape index (κ3) is 2.96. The Balaban J connectivity index is 2.40. The van der Waals surface area contributed by atoms with Crippen molar-refractivity contribution >= 4 is 28.4 Å². The highest BCUT2D eigenvalue weighted by atomic mass is 127. The molecule has 94 valence electrons. The summed E-state index contributed by atoms with van der Waals surface area (Å²) in [5.41, 5.74) is 0.882. The Morgan fingerprint density at radius 2 is 2.21 bits per heavy atom. The van der Waals surface area contributed by atoms with Gasteiger partial charge in [-0.3, -0.25) is 9.78 Å². The van der Waals surface area contributed by atoms with Crippen LogP contribution in [0.25, 0.3) is 0 Å². The van der Waals surface area contributed by atoms with Crippen molar-refractivity contribution in [3.63, 3.8) is 0 Å². The molecule has 3 nitrogen and oxygen atoms in total. The maximum Gasteiger partial charge on any atom is 0.185 e. The molecule has 0 fully saturated rings. The molecule has 1 aromatic heterocycles. The van der Waals surface area contributed by atoms with E-state index in [4.69, 9.17) is 0 Å². The Labute approximate surface area is 123 Å². The molecule has 0 aliphatic carbocycles. The summed E-state index contributed by atoms with van der Waals surface area (Å²) in [7, 11) is 0. The summed E-state index contributed by atoms with van der Waals surface area (Å²) in [5, 5.41) is 9.18. The zero-order chi connectivity index (χ0) is 13.8. The smallest absolute Gasteiger partial charge is 0.185 e. The van der Waals surface area contributed by atoms with Gasteiger partial charge in [-0.05, 0) is 52.4 Å². The zero-order valence-electron chi connectivity index (χ0n) is 9.68. The summed E-state index contributed by atoms with van der Waals surface area (Å²) < 4.78 is 13.5. The van der Waals surface area contributed by atoms with E-state index in [-0.39, 0.29) is 5.78 Å². The molecule has 1 atom stereocenters. The van der Waals surface area contributed by atoms with Gasteiger partial charge in [0.25, 0.3) is 0 Å². The summed E-state index contributed by atoms with van der Waals surface area (Å²) in [6.07, 6.45) is 3.06. The van der Waals surface area contributed by atoms with Crippen molar-refractivity contribution in [3.8, 4) is 6.07 Å². The Kier molecular flexibility index (Phi) is 4.22. The van der Waals surface area contributed by atoms with E-state index < -0.39 is 11.7 Å². The molecule has 0 amide bonds. The van der Waals surface area contributed by atoms with Crippen molar-refractivity contribution in [2.45, 2.75) is 5.92 Å². The second-order valence-corrected chi connectivity index (χ2v) is 5.00. The van der Waals surface area contributed by atoms with Crippen LogP contribution in [0.3, 0.4) is 0 Å². The van der Waals surface area contributed by atoms with Crippen LogP contribution in [0.2, 0.25) is 0 Å². The molecule has 0 N–H and O–H groups in total. The van der Waals surface area contributed by atoms with Gasteiger partial charge < -0.3 is 0 Å². The minimum absolute atomic E-state index is 0.345. The fraction of sp³-hybridized carbons (Fsp3) is 0.0714. The van der Waals surface area contributed by atoms with Gasteiger partial charge in [0.05, 0.1) is 6.07 Å². The van der Waals surface area contributed by atoms with E-state index in [0.29, 0.717) is 14.7 Å². The first-order valence-electron chi connectivity index (χ1n) is 5.42. The van der Waals surface area contributed by atoms with E-state index in [0.717, 1.165) is 0 Å². The summed E-state index contributed by atoms with van der Waals surface area (Å²) in [6, 6.07) is 9.20. The van der Waals surface area contributed by atoms with Gasteiger partial charge in [-0.1, -0.05) is 6.07 Å². The molecule has 5 heteroatoms. The number of carbonyl (C=O) groups is 1. The molecule has 0 aliphatic heterocycles. The molecular formula is C14H8FIN2O. The van der Waals surface area contributed by atoms with E-state index in [1.807, 2.05) is 28.7 Å². The molecule has 2 aromatic rings. The number of nitriles is 1. The molecule has 1 unspecified atom stereocenters. The Morgan fingerprint density at radius 3 is 2.79 bits per heavy atom. The fourth-order valence-corrected chi connectivity index (χ4v) is 2.42. The number of hydrogen-bond donors (Lipinski definition) is 0. The van der Waals surface area contributed by atoms with Crippen LogP contribution in [-0.2, 0) is 0 Å². The summed E-state index contributed by atoms with van der Waals surface area (Å²) in [4.78, 5) is 16.2. The second kappa shape index (κ2) is 5.89. The van der Waals surface area contributed by atoms with Crippen molar-refractivity contribution < 1.29 is 9.18 Å². The zero-order valence-corrected chi connectivity index (χ0v) is 11.8. The standard InChI is InChI=1S/C14H8FIN2O/c15-10-3-4-11(13(16)6-10)14(19)12(7-17)9-2-1-5-18-8-9/h1-6,8,12H. The SMILES string of the molecule is N#CC(C(=O)c1ccc(F)cc1I)c1cccnc1. The Bertz CT molecular complexity index is 652. The average molecular weight is 366 g/mol. The molecule has 0 bridgehead atoms. The fourth-order valence-electron chi connectivity index (χ4n) is 1.68. The maximum absolute atomic E-state index is 13.0. The van der Waals surface area contributed by atoms with E-state index in [2.05, 4.69) is 4.98 Å². The predicted octanol–water partition coefficient (Wildman–Crippen LogP) is 3.32. The highest BCUT2D eigenvalue weighted by Gasteiger charge is 2.23. The molecule has 0 saturated heterocycles. The monoisotopic (exact) mass is 366 g/mol. The number of Topliss-reactive ketones (excluding diaryl/α,β-unsaturated/α-hetero) is 1. The van der Waals surface area contributed by atoms with E-state index >= 15 is 0 Å². The normalized spacial score (nSPS) is 11.6. The quantitative estimate of drug-likeness (QED) is 0.619. The van der Waals surface area contributed by atoms with Crippen LogP contribution in [0.4, 0.5) is 4.39 Å². The van der Waals surface area contributed by atoms with Gasteiger partial charge in [-0.2, -0.15) is 5.26 Å². The number of nitrogens with zero attached hydrogens (tertiary/aromatic N) is 2. The van der Waals surface area contributed by atoms with Gasteiger partial charge in [-0.15, -0.1) is 0 Å². The largest absolute Gasteiger partial charge is 0.292 e. The van der Waals surface area contributed by atoms with Crippen molar-refractivity contribution in [3.05, 3.63) is 63.2 Å². The van der Waals surface area contributed by atoms with Gasteiger partial charge in [0, 0.05) is 21.5 Å². The van der Waals surface area contributed by atoms with Crippen LogP contribution in [-0.4, -0.2) is 10.8 Å². The van der Waals surface area contributed by atoms with Gasteiger partial charge >= 0.3 is 0 Å². The first kappa shape index (κ1) is 13.6. The lowest BCUT2D eigenvalue weighted by Crippen LogP contribution is -2.13. The van der Waals surface area contributed by atoms with Crippen LogP contribution < -0.4 is 0 Å². The molecule has 2 rings (SSSR count). The summed E-state index contributed by atoms with van der Waals surface area (Å²) in [5.74, 6) is -1.68. The van der Waals surface area contributed by atoms with E-state index in [9.17, 15) is 14.4 Å². The molecule has 0 spiro atoms. The number of aromatic nitrogens is 1. The van der Waals surface area contributed by atoms with Gasteiger partial charge in [0.2, 0.25) is 0 Å². The number of hydrogen-bond acceptors (Lipinski definition) is 3. The lowest BCUT2D eigenvalue weighted by molar-refractivity contribution is 0.0978.